The van der Waals surface area contributed by atoms with E-state index >= 15 is 0 Å². The van der Waals surface area contributed by atoms with Gasteiger partial charge in [0.25, 0.3) is 0 Å². The van der Waals surface area contributed by atoms with Crippen molar-refractivity contribution in [1.82, 2.24) is 0 Å². The molecule has 0 heterocycles. The molecule has 0 aromatic heterocycles. The molecule has 0 radical (unpaired) electrons. The summed E-state index contributed by atoms with van der Waals surface area (Å²) in [5.74, 6) is 0.0167. The van der Waals surface area contributed by atoms with E-state index in [-0.39, 0.29) is 5.75 Å². The SMILES string of the molecule is OB(O)c1ccc(O)c(C=NNc2ccccc2)c1. The highest BCUT2D eigenvalue weighted by molar-refractivity contribution is 6.58. The van der Waals surface area contributed by atoms with E-state index in [4.69, 9.17) is 10.0 Å². The van der Waals surface area contributed by atoms with Crippen LogP contribution >= 0.6 is 0 Å². The fourth-order valence-corrected chi connectivity index (χ4v) is 1.53. The van der Waals surface area contributed by atoms with E-state index in [0.717, 1.165) is 5.69 Å². The van der Waals surface area contributed by atoms with Crippen molar-refractivity contribution in [1.29, 1.82) is 0 Å². The smallest absolute Gasteiger partial charge is 0.488 e. The van der Waals surface area contributed by atoms with Crippen LogP contribution in [0.5, 0.6) is 5.75 Å². The zero-order chi connectivity index (χ0) is 13.7. The third-order valence-electron chi connectivity index (χ3n) is 2.52. The number of benzene rings is 2. The van der Waals surface area contributed by atoms with Gasteiger partial charge in [0.15, 0.2) is 0 Å². The van der Waals surface area contributed by atoms with E-state index in [9.17, 15) is 5.11 Å². The summed E-state index contributed by atoms with van der Waals surface area (Å²) in [6.45, 7) is 0. The Morgan fingerprint density at radius 2 is 1.79 bits per heavy atom. The molecule has 96 valence electrons. The Hall–Kier alpha value is -2.31. The fourth-order valence-electron chi connectivity index (χ4n) is 1.53. The first-order valence-corrected chi connectivity index (χ1v) is 5.70. The van der Waals surface area contributed by atoms with Gasteiger partial charge in [-0.2, -0.15) is 5.10 Å². The van der Waals surface area contributed by atoms with Crippen LogP contribution in [0.4, 0.5) is 5.69 Å². The van der Waals surface area contributed by atoms with Crippen LogP contribution < -0.4 is 10.9 Å². The quantitative estimate of drug-likeness (QED) is 0.365. The van der Waals surface area contributed by atoms with Crippen LogP contribution in [0.15, 0.2) is 53.6 Å². The van der Waals surface area contributed by atoms with Crippen molar-refractivity contribution in [2.24, 2.45) is 5.10 Å². The summed E-state index contributed by atoms with van der Waals surface area (Å²) >= 11 is 0. The lowest BCUT2D eigenvalue weighted by Gasteiger charge is -2.03. The predicted molar refractivity (Wildman–Crippen MR) is 75.6 cm³/mol. The summed E-state index contributed by atoms with van der Waals surface area (Å²) in [7, 11) is -1.57. The summed E-state index contributed by atoms with van der Waals surface area (Å²) < 4.78 is 0. The van der Waals surface area contributed by atoms with Crippen molar-refractivity contribution in [3.8, 4) is 5.75 Å². The zero-order valence-corrected chi connectivity index (χ0v) is 10.1. The van der Waals surface area contributed by atoms with Crippen LogP contribution in [0.25, 0.3) is 0 Å². The molecule has 0 unspecified atom stereocenters. The molecule has 0 atom stereocenters. The summed E-state index contributed by atoms with van der Waals surface area (Å²) in [6.07, 6.45) is 1.41. The van der Waals surface area contributed by atoms with Gasteiger partial charge in [0, 0.05) is 5.56 Å². The Balaban J connectivity index is 2.12. The van der Waals surface area contributed by atoms with E-state index < -0.39 is 7.12 Å². The Labute approximate surface area is 111 Å². The maximum Gasteiger partial charge on any atom is 0.488 e. The molecule has 0 aliphatic heterocycles. The van der Waals surface area contributed by atoms with Gasteiger partial charge in [-0.15, -0.1) is 0 Å². The lowest BCUT2D eigenvalue weighted by Crippen LogP contribution is -2.29. The highest BCUT2D eigenvalue weighted by Gasteiger charge is 2.12. The number of para-hydroxylation sites is 1. The molecule has 0 aliphatic carbocycles. The van der Waals surface area contributed by atoms with Crippen LogP contribution in [-0.2, 0) is 0 Å². The van der Waals surface area contributed by atoms with Crippen molar-refractivity contribution in [2.45, 2.75) is 0 Å². The van der Waals surface area contributed by atoms with Gasteiger partial charge in [-0.1, -0.05) is 24.3 Å². The molecule has 2 rings (SSSR count). The molecule has 4 N–H and O–H groups in total. The minimum atomic E-state index is -1.57. The van der Waals surface area contributed by atoms with Gasteiger partial charge in [-0.3, -0.25) is 5.43 Å². The van der Waals surface area contributed by atoms with Crippen LogP contribution in [0.2, 0.25) is 0 Å². The molecule has 0 aliphatic rings. The van der Waals surface area contributed by atoms with Gasteiger partial charge in [-0.25, -0.2) is 0 Å². The van der Waals surface area contributed by atoms with Crippen LogP contribution in [0.1, 0.15) is 5.56 Å². The van der Waals surface area contributed by atoms with E-state index in [0.29, 0.717) is 11.0 Å². The molecule has 0 spiro atoms. The molecular formula is C13H13BN2O3. The number of nitrogens with one attached hydrogen (secondary N) is 1. The fraction of sp³-hybridized carbons (Fsp3) is 0. The first-order chi connectivity index (χ1) is 9.16. The Morgan fingerprint density at radius 3 is 2.47 bits per heavy atom. The van der Waals surface area contributed by atoms with Gasteiger partial charge >= 0.3 is 7.12 Å². The third-order valence-corrected chi connectivity index (χ3v) is 2.52. The molecular weight excluding hydrogens is 243 g/mol. The average molecular weight is 256 g/mol. The second kappa shape index (κ2) is 6.04. The van der Waals surface area contributed by atoms with Crippen molar-refractivity contribution in [3.63, 3.8) is 0 Å². The highest BCUT2D eigenvalue weighted by Crippen LogP contribution is 2.12. The zero-order valence-electron chi connectivity index (χ0n) is 10.1. The molecule has 0 fully saturated rings. The highest BCUT2D eigenvalue weighted by atomic mass is 16.4. The lowest BCUT2D eigenvalue weighted by atomic mass is 9.79. The maximum atomic E-state index is 9.63. The van der Waals surface area contributed by atoms with Gasteiger partial charge in [0.2, 0.25) is 0 Å². The van der Waals surface area contributed by atoms with E-state index in [1.165, 1.54) is 24.4 Å². The molecule has 2 aromatic carbocycles. The van der Waals surface area contributed by atoms with Gasteiger partial charge in [0.1, 0.15) is 5.75 Å². The lowest BCUT2D eigenvalue weighted by molar-refractivity contribution is 0.425. The minimum absolute atomic E-state index is 0.0167. The number of nitrogens with zero attached hydrogens (tertiary/aromatic N) is 1. The number of rotatable bonds is 4. The van der Waals surface area contributed by atoms with Crippen LogP contribution in [0.3, 0.4) is 0 Å². The monoisotopic (exact) mass is 256 g/mol. The van der Waals surface area contributed by atoms with Crippen LogP contribution in [-0.4, -0.2) is 28.5 Å². The molecule has 19 heavy (non-hydrogen) atoms. The molecule has 0 amide bonds. The molecule has 5 nitrogen and oxygen atoms in total. The second-order valence-corrected chi connectivity index (χ2v) is 3.93. The Kier molecular flexibility index (Phi) is 4.17. The van der Waals surface area contributed by atoms with Crippen molar-refractivity contribution >= 4 is 24.5 Å². The second-order valence-electron chi connectivity index (χ2n) is 3.93. The molecule has 6 heteroatoms. The van der Waals surface area contributed by atoms with Gasteiger partial charge in [0.05, 0.1) is 11.9 Å². The number of phenols is 1. The Bertz CT molecular complexity index is 573. The standard InChI is InChI=1S/C13H13BN2O3/c17-13-7-6-11(14(18)19)8-10(13)9-15-16-12-4-2-1-3-5-12/h1-9,16-19H. The number of phenolic OH excluding ortho intramolecular Hbond substituents is 1. The van der Waals surface area contributed by atoms with E-state index in [2.05, 4.69) is 10.5 Å². The molecule has 0 saturated carbocycles. The number of aromatic hydroxyl groups is 1. The van der Waals surface area contributed by atoms with Gasteiger partial charge < -0.3 is 15.2 Å². The number of hydrazone groups is 1. The molecule has 0 bridgehead atoms. The molecule has 0 saturated heterocycles. The normalized spacial score (nSPS) is 10.6. The maximum absolute atomic E-state index is 9.63. The number of anilines is 1. The minimum Gasteiger partial charge on any atom is -0.507 e. The molecule has 2 aromatic rings. The summed E-state index contributed by atoms with van der Waals surface area (Å²) in [5.41, 5.74) is 4.31. The first kappa shape index (κ1) is 13.1. The van der Waals surface area contributed by atoms with Crippen molar-refractivity contribution in [2.75, 3.05) is 5.43 Å². The van der Waals surface area contributed by atoms with Crippen molar-refractivity contribution in [3.05, 3.63) is 54.1 Å². The Morgan fingerprint density at radius 1 is 1.05 bits per heavy atom. The summed E-state index contributed by atoms with van der Waals surface area (Å²) in [4.78, 5) is 0. The first-order valence-electron chi connectivity index (χ1n) is 5.70. The van der Waals surface area contributed by atoms with E-state index in [1.807, 2.05) is 30.3 Å². The van der Waals surface area contributed by atoms with Crippen molar-refractivity contribution < 1.29 is 15.2 Å². The van der Waals surface area contributed by atoms with Gasteiger partial charge in [-0.05, 0) is 29.7 Å². The van der Waals surface area contributed by atoms with Crippen LogP contribution in [0, 0.1) is 0 Å². The number of hydrogen-bond donors (Lipinski definition) is 4. The van der Waals surface area contributed by atoms with E-state index in [1.54, 1.807) is 0 Å². The largest absolute Gasteiger partial charge is 0.507 e. The topological polar surface area (TPSA) is 85.1 Å². The third kappa shape index (κ3) is 3.57. The summed E-state index contributed by atoms with van der Waals surface area (Å²) in [5, 5.41) is 31.7. The summed E-state index contributed by atoms with van der Waals surface area (Å²) in [6, 6.07) is 13.6. The average Bonchev–Trinajstić information content (AvgIpc) is 2.42. The number of hydrogen-bond acceptors (Lipinski definition) is 5. The predicted octanol–water partition coefficient (Wildman–Crippen LogP) is 0.518.